The van der Waals surface area contributed by atoms with E-state index in [2.05, 4.69) is 67.1 Å². The molecule has 0 radical (unpaired) electrons. The van der Waals surface area contributed by atoms with Crippen LogP contribution in [0.1, 0.15) is 22.3 Å². The van der Waals surface area contributed by atoms with Gasteiger partial charge in [0, 0.05) is 18.3 Å². The first-order chi connectivity index (χ1) is 10.2. The van der Waals surface area contributed by atoms with Crippen LogP contribution < -0.4 is 5.73 Å². The van der Waals surface area contributed by atoms with Crippen molar-refractivity contribution in [3.63, 3.8) is 0 Å². The molecule has 0 bridgehead atoms. The van der Waals surface area contributed by atoms with E-state index in [1.807, 2.05) is 0 Å². The maximum atomic E-state index is 5.67. The molecule has 0 aliphatic rings. The average Bonchev–Trinajstić information content (AvgIpc) is 2.86. The molecule has 21 heavy (non-hydrogen) atoms. The predicted molar refractivity (Wildman–Crippen MR) is 89.7 cm³/mol. The zero-order valence-electron chi connectivity index (χ0n) is 12.8. The van der Waals surface area contributed by atoms with Crippen molar-refractivity contribution in [2.45, 2.75) is 26.8 Å². The molecular weight excluding hydrogens is 256 g/mol. The van der Waals surface area contributed by atoms with Crippen LogP contribution in [0.5, 0.6) is 0 Å². The van der Waals surface area contributed by atoms with Crippen LogP contribution in [0.4, 0.5) is 0 Å². The van der Waals surface area contributed by atoms with E-state index < -0.39 is 0 Å². The summed E-state index contributed by atoms with van der Waals surface area (Å²) in [5.41, 5.74) is 12.4. The number of aromatic nitrogens is 1. The van der Waals surface area contributed by atoms with Crippen molar-refractivity contribution in [1.29, 1.82) is 0 Å². The Labute approximate surface area is 126 Å². The van der Waals surface area contributed by atoms with E-state index in [0.717, 1.165) is 13.0 Å². The SMILES string of the molecule is Cc1cccc(C)c1Cn1ccc2ccc(CCN)cc21. The Kier molecular flexibility index (Phi) is 3.80. The molecule has 0 atom stereocenters. The quantitative estimate of drug-likeness (QED) is 0.773. The molecule has 0 spiro atoms. The number of benzene rings is 2. The molecule has 0 aliphatic heterocycles. The van der Waals surface area contributed by atoms with E-state index in [4.69, 9.17) is 5.73 Å². The summed E-state index contributed by atoms with van der Waals surface area (Å²) in [7, 11) is 0. The summed E-state index contributed by atoms with van der Waals surface area (Å²) >= 11 is 0. The number of aryl methyl sites for hydroxylation is 2. The molecule has 0 saturated carbocycles. The Morgan fingerprint density at radius 1 is 1.00 bits per heavy atom. The Morgan fingerprint density at radius 2 is 1.76 bits per heavy atom. The fourth-order valence-corrected chi connectivity index (χ4v) is 2.96. The topological polar surface area (TPSA) is 30.9 Å². The molecule has 0 aliphatic carbocycles. The molecule has 1 aromatic heterocycles. The van der Waals surface area contributed by atoms with Crippen LogP contribution in [0.3, 0.4) is 0 Å². The minimum absolute atomic E-state index is 0.698. The number of hydrogen-bond acceptors (Lipinski definition) is 1. The summed E-state index contributed by atoms with van der Waals surface area (Å²) in [6, 6.07) is 15.3. The van der Waals surface area contributed by atoms with Crippen molar-refractivity contribution >= 4 is 10.9 Å². The Bertz CT molecular complexity index is 748. The van der Waals surface area contributed by atoms with Gasteiger partial charge in [-0.1, -0.05) is 30.3 Å². The first-order valence-corrected chi connectivity index (χ1v) is 7.52. The summed E-state index contributed by atoms with van der Waals surface area (Å²) in [5.74, 6) is 0. The third-order valence-electron chi connectivity index (χ3n) is 4.24. The van der Waals surface area contributed by atoms with E-state index in [1.54, 1.807) is 0 Å². The van der Waals surface area contributed by atoms with E-state index in [0.29, 0.717) is 6.54 Å². The first-order valence-electron chi connectivity index (χ1n) is 7.52. The number of nitrogens with zero attached hydrogens (tertiary/aromatic N) is 1. The standard InChI is InChI=1S/C19H22N2/c1-14-4-3-5-15(2)18(14)13-21-11-9-17-7-6-16(8-10-20)12-19(17)21/h3-7,9,11-12H,8,10,13,20H2,1-2H3. The monoisotopic (exact) mass is 278 g/mol. The van der Waals surface area contributed by atoms with Gasteiger partial charge in [-0.15, -0.1) is 0 Å². The smallest absolute Gasteiger partial charge is 0.0486 e. The largest absolute Gasteiger partial charge is 0.343 e. The molecule has 0 saturated heterocycles. The summed E-state index contributed by atoms with van der Waals surface area (Å²) in [6.07, 6.45) is 3.12. The highest BCUT2D eigenvalue weighted by Crippen LogP contribution is 2.21. The van der Waals surface area contributed by atoms with Crippen molar-refractivity contribution in [2.75, 3.05) is 6.54 Å². The van der Waals surface area contributed by atoms with Crippen LogP contribution in [-0.4, -0.2) is 11.1 Å². The molecule has 0 unspecified atom stereocenters. The minimum Gasteiger partial charge on any atom is -0.343 e. The molecular formula is C19H22N2. The maximum Gasteiger partial charge on any atom is 0.0486 e. The van der Waals surface area contributed by atoms with Crippen LogP contribution in [0.25, 0.3) is 10.9 Å². The average molecular weight is 278 g/mol. The van der Waals surface area contributed by atoms with Crippen LogP contribution >= 0.6 is 0 Å². The van der Waals surface area contributed by atoms with Gasteiger partial charge >= 0.3 is 0 Å². The third-order valence-corrected chi connectivity index (χ3v) is 4.24. The highest BCUT2D eigenvalue weighted by molar-refractivity contribution is 5.81. The van der Waals surface area contributed by atoms with E-state index >= 15 is 0 Å². The van der Waals surface area contributed by atoms with Gasteiger partial charge in [0.2, 0.25) is 0 Å². The van der Waals surface area contributed by atoms with Crippen LogP contribution in [0.2, 0.25) is 0 Å². The van der Waals surface area contributed by atoms with Gasteiger partial charge in [0.05, 0.1) is 0 Å². The van der Waals surface area contributed by atoms with Gasteiger partial charge in [-0.25, -0.2) is 0 Å². The lowest BCUT2D eigenvalue weighted by molar-refractivity contribution is 0.822. The molecule has 1 heterocycles. The van der Waals surface area contributed by atoms with Crippen LogP contribution in [-0.2, 0) is 13.0 Å². The molecule has 3 rings (SSSR count). The third kappa shape index (κ3) is 2.72. The highest BCUT2D eigenvalue weighted by atomic mass is 14.9. The molecule has 3 aromatic rings. The minimum atomic E-state index is 0.698. The Balaban J connectivity index is 2.02. The van der Waals surface area contributed by atoms with Gasteiger partial charge in [0.1, 0.15) is 0 Å². The second-order valence-electron chi connectivity index (χ2n) is 5.75. The molecule has 0 amide bonds. The molecule has 2 heteroatoms. The second-order valence-corrected chi connectivity index (χ2v) is 5.75. The van der Waals surface area contributed by atoms with Crippen molar-refractivity contribution in [3.05, 3.63) is 70.9 Å². The summed E-state index contributed by atoms with van der Waals surface area (Å²) in [4.78, 5) is 0. The van der Waals surface area contributed by atoms with Gasteiger partial charge in [-0.05, 0) is 66.6 Å². The van der Waals surface area contributed by atoms with Crippen molar-refractivity contribution in [2.24, 2.45) is 5.73 Å². The highest BCUT2D eigenvalue weighted by Gasteiger charge is 2.06. The summed E-state index contributed by atoms with van der Waals surface area (Å²) in [5, 5.41) is 1.29. The number of hydrogen-bond donors (Lipinski definition) is 1. The Hall–Kier alpha value is -2.06. The summed E-state index contributed by atoms with van der Waals surface area (Å²) in [6.45, 7) is 6.00. The fraction of sp³-hybridized carbons (Fsp3) is 0.263. The Morgan fingerprint density at radius 3 is 2.48 bits per heavy atom. The zero-order valence-corrected chi connectivity index (χ0v) is 12.8. The number of nitrogens with two attached hydrogens (primary N) is 1. The molecule has 108 valence electrons. The van der Waals surface area contributed by atoms with Gasteiger partial charge < -0.3 is 10.3 Å². The summed E-state index contributed by atoms with van der Waals surface area (Å²) < 4.78 is 2.34. The van der Waals surface area contributed by atoms with Gasteiger partial charge in [-0.2, -0.15) is 0 Å². The maximum absolute atomic E-state index is 5.67. The molecule has 2 aromatic carbocycles. The normalized spacial score (nSPS) is 11.2. The number of rotatable bonds is 4. The number of fused-ring (bicyclic) bond motifs is 1. The van der Waals surface area contributed by atoms with Gasteiger partial charge in [0.25, 0.3) is 0 Å². The van der Waals surface area contributed by atoms with Crippen molar-refractivity contribution in [3.8, 4) is 0 Å². The van der Waals surface area contributed by atoms with Crippen molar-refractivity contribution < 1.29 is 0 Å². The lowest BCUT2D eigenvalue weighted by atomic mass is 10.0. The van der Waals surface area contributed by atoms with Crippen molar-refractivity contribution in [1.82, 2.24) is 4.57 Å². The fourth-order valence-electron chi connectivity index (χ4n) is 2.96. The molecule has 2 N–H and O–H groups in total. The van der Waals surface area contributed by atoms with Crippen LogP contribution in [0, 0.1) is 13.8 Å². The lowest BCUT2D eigenvalue weighted by Crippen LogP contribution is -2.04. The first kappa shape index (κ1) is 13.9. The van der Waals surface area contributed by atoms with E-state index in [1.165, 1.54) is 33.2 Å². The second kappa shape index (κ2) is 5.74. The van der Waals surface area contributed by atoms with Crippen LogP contribution in [0.15, 0.2) is 48.7 Å². The van der Waals surface area contributed by atoms with E-state index in [9.17, 15) is 0 Å². The van der Waals surface area contributed by atoms with Gasteiger partial charge in [-0.3, -0.25) is 0 Å². The molecule has 2 nitrogen and oxygen atoms in total. The zero-order chi connectivity index (χ0) is 14.8. The predicted octanol–water partition coefficient (Wildman–Crippen LogP) is 3.81. The molecule has 0 fully saturated rings. The van der Waals surface area contributed by atoms with Gasteiger partial charge in [0.15, 0.2) is 0 Å². The van der Waals surface area contributed by atoms with E-state index in [-0.39, 0.29) is 0 Å². The lowest BCUT2D eigenvalue weighted by Gasteiger charge is -2.12.